The molecule has 0 radical (unpaired) electrons. The SMILES string of the molecule is Cc1cc(N)ccc1NC(=O)CSc1ccc(Br)cc1. The van der Waals surface area contributed by atoms with Crippen LogP contribution in [0.2, 0.25) is 0 Å². The molecule has 2 aromatic carbocycles. The third-order valence-electron chi connectivity index (χ3n) is 2.71. The number of nitrogen functional groups attached to an aromatic ring is 1. The fourth-order valence-electron chi connectivity index (χ4n) is 1.69. The van der Waals surface area contributed by atoms with Crippen LogP contribution in [-0.2, 0) is 4.79 Å². The topological polar surface area (TPSA) is 55.1 Å². The van der Waals surface area contributed by atoms with Gasteiger partial charge in [0.25, 0.3) is 0 Å². The lowest BCUT2D eigenvalue weighted by atomic mass is 10.2. The number of benzene rings is 2. The normalized spacial score (nSPS) is 10.3. The minimum Gasteiger partial charge on any atom is -0.399 e. The van der Waals surface area contributed by atoms with E-state index in [-0.39, 0.29) is 5.91 Å². The summed E-state index contributed by atoms with van der Waals surface area (Å²) in [5.41, 5.74) is 8.15. The second-order valence-corrected chi connectivity index (χ2v) is 6.33. The molecule has 2 aromatic rings. The van der Waals surface area contributed by atoms with Gasteiger partial charge in [-0.05, 0) is 55.0 Å². The molecule has 0 atom stereocenters. The average molecular weight is 351 g/mol. The fourth-order valence-corrected chi connectivity index (χ4v) is 2.66. The van der Waals surface area contributed by atoms with Crippen molar-refractivity contribution in [2.75, 3.05) is 16.8 Å². The lowest BCUT2D eigenvalue weighted by molar-refractivity contribution is -0.113. The van der Waals surface area contributed by atoms with Crippen LogP contribution in [0, 0.1) is 6.92 Å². The Hall–Kier alpha value is -1.46. The molecule has 104 valence electrons. The Morgan fingerprint density at radius 3 is 2.60 bits per heavy atom. The first-order chi connectivity index (χ1) is 9.54. The molecule has 3 nitrogen and oxygen atoms in total. The summed E-state index contributed by atoms with van der Waals surface area (Å²) in [7, 11) is 0. The van der Waals surface area contributed by atoms with Gasteiger partial charge in [0, 0.05) is 20.7 Å². The van der Waals surface area contributed by atoms with E-state index in [2.05, 4.69) is 21.2 Å². The van der Waals surface area contributed by atoms with Gasteiger partial charge in [0.05, 0.1) is 5.75 Å². The second kappa shape index (κ2) is 6.81. The summed E-state index contributed by atoms with van der Waals surface area (Å²) in [4.78, 5) is 13.0. The van der Waals surface area contributed by atoms with E-state index in [1.54, 1.807) is 6.07 Å². The summed E-state index contributed by atoms with van der Waals surface area (Å²) in [5, 5.41) is 2.89. The maximum atomic E-state index is 11.9. The Labute approximate surface area is 131 Å². The summed E-state index contributed by atoms with van der Waals surface area (Å²) in [6, 6.07) is 13.3. The van der Waals surface area contributed by atoms with E-state index in [9.17, 15) is 4.79 Å². The Bertz CT molecular complexity index is 614. The van der Waals surface area contributed by atoms with E-state index in [0.29, 0.717) is 11.4 Å². The Balaban J connectivity index is 1.90. The molecular formula is C15H15BrN2OS. The zero-order chi connectivity index (χ0) is 14.5. The first-order valence-corrected chi connectivity index (χ1v) is 7.87. The molecule has 3 N–H and O–H groups in total. The molecule has 0 bridgehead atoms. The highest BCUT2D eigenvalue weighted by Gasteiger charge is 2.06. The Morgan fingerprint density at radius 1 is 1.25 bits per heavy atom. The highest BCUT2D eigenvalue weighted by molar-refractivity contribution is 9.10. The molecule has 0 aromatic heterocycles. The molecule has 0 aliphatic heterocycles. The van der Waals surface area contributed by atoms with Crippen molar-refractivity contribution in [3.63, 3.8) is 0 Å². The van der Waals surface area contributed by atoms with Crippen molar-refractivity contribution < 1.29 is 4.79 Å². The molecule has 0 aliphatic carbocycles. The van der Waals surface area contributed by atoms with Crippen molar-refractivity contribution in [2.24, 2.45) is 0 Å². The maximum absolute atomic E-state index is 11.9. The van der Waals surface area contributed by atoms with E-state index in [1.165, 1.54) is 11.8 Å². The number of nitrogens with two attached hydrogens (primary N) is 1. The smallest absolute Gasteiger partial charge is 0.234 e. The van der Waals surface area contributed by atoms with Gasteiger partial charge >= 0.3 is 0 Å². The van der Waals surface area contributed by atoms with Gasteiger partial charge in [-0.15, -0.1) is 11.8 Å². The van der Waals surface area contributed by atoms with Gasteiger partial charge in [-0.2, -0.15) is 0 Å². The van der Waals surface area contributed by atoms with Crippen molar-refractivity contribution in [1.82, 2.24) is 0 Å². The van der Waals surface area contributed by atoms with Crippen LogP contribution < -0.4 is 11.1 Å². The molecule has 0 unspecified atom stereocenters. The number of halogens is 1. The third kappa shape index (κ3) is 4.28. The van der Waals surface area contributed by atoms with Gasteiger partial charge in [0.2, 0.25) is 5.91 Å². The number of thioether (sulfide) groups is 1. The zero-order valence-electron chi connectivity index (χ0n) is 11.0. The van der Waals surface area contributed by atoms with Crippen molar-refractivity contribution >= 4 is 45.0 Å². The number of hydrogen-bond donors (Lipinski definition) is 2. The van der Waals surface area contributed by atoms with Crippen LogP contribution in [0.5, 0.6) is 0 Å². The van der Waals surface area contributed by atoms with Crippen LogP contribution in [0.3, 0.4) is 0 Å². The van der Waals surface area contributed by atoms with Crippen LogP contribution in [-0.4, -0.2) is 11.7 Å². The van der Waals surface area contributed by atoms with Crippen molar-refractivity contribution in [3.05, 3.63) is 52.5 Å². The zero-order valence-corrected chi connectivity index (χ0v) is 13.4. The average Bonchev–Trinajstić information content (AvgIpc) is 2.41. The monoisotopic (exact) mass is 350 g/mol. The molecule has 0 aliphatic rings. The summed E-state index contributed by atoms with van der Waals surface area (Å²) < 4.78 is 1.03. The first kappa shape index (κ1) is 14.9. The van der Waals surface area contributed by atoms with E-state index < -0.39 is 0 Å². The van der Waals surface area contributed by atoms with Gasteiger partial charge in [-0.25, -0.2) is 0 Å². The highest BCUT2D eigenvalue weighted by atomic mass is 79.9. The van der Waals surface area contributed by atoms with Crippen molar-refractivity contribution in [3.8, 4) is 0 Å². The minimum absolute atomic E-state index is 0.0224. The minimum atomic E-state index is -0.0224. The fraction of sp³-hybridized carbons (Fsp3) is 0.133. The predicted octanol–water partition coefficient (Wildman–Crippen LogP) is 4.07. The van der Waals surface area contributed by atoms with Gasteiger partial charge < -0.3 is 11.1 Å². The Kier molecular flexibility index (Phi) is 5.09. The van der Waals surface area contributed by atoms with Crippen molar-refractivity contribution in [1.29, 1.82) is 0 Å². The molecular weight excluding hydrogens is 336 g/mol. The predicted molar refractivity (Wildman–Crippen MR) is 89.1 cm³/mol. The second-order valence-electron chi connectivity index (χ2n) is 4.37. The number of amides is 1. The number of rotatable bonds is 4. The molecule has 2 rings (SSSR count). The third-order valence-corrected chi connectivity index (χ3v) is 4.25. The largest absolute Gasteiger partial charge is 0.399 e. The summed E-state index contributed by atoms with van der Waals surface area (Å²) in [5.74, 6) is 0.358. The number of nitrogens with one attached hydrogen (secondary N) is 1. The summed E-state index contributed by atoms with van der Waals surface area (Å²) in [6.45, 7) is 1.92. The standard InChI is InChI=1S/C15H15BrN2OS/c1-10-8-12(17)4-7-14(10)18-15(19)9-20-13-5-2-11(16)3-6-13/h2-8H,9,17H2,1H3,(H,18,19). The lowest BCUT2D eigenvalue weighted by Crippen LogP contribution is -2.14. The molecule has 0 heterocycles. The molecule has 0 saturated heterocycles. The molecule has 0 fully saturated rings. The highest BCUT2D eigenvalue weighted by Crippen LogP contribution is 2.22. The van der Waals surface area contributed by atoms with E-state index in [1.807, 2.05) is 43.3 Å². The van der Waals surface area contributed by atoms with E-state index in [0.717, 1.165) is 20.6 Å². The van der Waals surface area contributed by atoms with Crippen molar-refractivity contribution in [2.45, 2.75) is 11.8 Å². The van der Waals surface area contributed by atoms with E-state index >= 15 is 0 Å². The van der Waals surface area contributed by atoms with Crippen LogP contribution in [0.15, 0.2) is 51.8 Å². The number of anilines is 2. The lowest BCUT2D eigenvalue weighted by Gasteiger charge is -2.09. The van der Waals surface area contributed by atoms with Gasteiger partial charge in [0.1, 0.15) is 0 Å². The van der Waals surface area contributed by atoms with Gasteiger partial charge in [-0.1, -0.05) is 15.9 Å². The summed E-state index contributed by atoms with van der Waals surface area (Å²) in [6.07, 6.45) is 0. The molecule has 20 heavy (non-hydrogen) atoms. The van der Waals surface area contributed by atoms with Gasteiger partial charge in [0.15, 0.2) is 0 Å². The molecule has 0 saturated carbocycles. The number of carbonyl (C=O) groups excluding carboxylic acids is 1. The number of carbonyl (C=O) groups is 1. The molecule has 5 heteroatoms. The maximum Gasteiger partial charge on any atom is 0.234 e. The summed E-state index contributed by atoms with van der Waals surface area (Å²) >= 11 is 4.89. The molecule has 1 amide bonds. The van der Waals surface area contributed by atoms with Crippen LogP contribution in [0.25, 0.3) is 0 Å². The van der Waals surface area contributed by atoms with Crippen LogP contribution >= 0.6 is 27.7 Å². The Morgan fingerprint density at radius 2 is 1.95 bits per heavy atom. The van der Waals surface area contributed by atoms with Crippen LogP contribution in [0.1, 0.15) is 5.56 Å². The van der Waals surface area contributed by atoms with Crippen LogP contribution in [0.4, 0.5) is 11.4 Å². The number of aryl methyl sites for hydroxylation is 1. The molecule has 0 spiro atoms. The van der Waals surface area contributed by atoms with Gasteiger partial charge in [-0.3, -0.25) is 4.79 Å². The van der Waals surface area contributed by atoms with E-state index in [4.69, 9.17) is 5.73 Å². The first-order valence-electron chi connectivity index (χ1n) is 6.09. The number of hydrogen-bond acceptors (Lipinski definition) is 3. The quantitative estimate of drug-likeness (QED) is 0.645.